The van der Waals surface area contributed by atoms with Crippen molar-refractivity contribution in [3.63, 3.8) is 0 Å². The summed E-state index contributed by atoms with van der Waals surface area (Å²) in [5, 5.41) is 13.8. The van der Waals surface area contributed by atoms with Crippen LogP contribution in [0.5, 0.6) is 0 Å². The first-order chi connectivity index (χ1) is 9.35. The molecule has 0 atom stereocenters. The van der Waals surface area contributed by atoms with Gasteiger partial charge in [0.1, 0.15) is 5.69 Å². The van der Waals surface area contributed by atoms with E-state index >= 15 is 0 Å². The quantitative estimate of drug-likeness (QED) is 0.782. The van der Waals surface area contributed by atoms with Crippen LogP contribution in [0.1, 0.15) is 30.1 Å². The summed E-state index contributed by atoms with van der Waals surface area (Å²) in [6.07, 6.45) is 4.17. The third kappa shape index (κ3) is 1.82. The maximum Gasteiger partial charge on any atom is 0.235 e. The Kier molecular flexibility index (Phi) is 2.36. The molecule has 0 unspecified atom stereocenters. The molecule has 4 rings (SSSR count). The van der Waals surface area contributed by atoms with E-state index in [1.165, 1.54) is 24.2 Å². The van der Waals surface area contributed by atoms with Crippen molar-refractivity contribution in [1.29, 1.82) is 0 Å². The summed E-state index contributed by atoms with van der Waals surface area (Å²) >= 11 is 1.51. The number of aromatic nitrogens is 5. The maximum absolute atomic E-state index is 5.57. The van der Waals surface area contributed by atoms with Crippen molar-refractivity contribution in [3.05, 3.63) is 29.7 Å². The molecule has 1 fully saturated rings. The molecule has 0 amide bonds. The lowest BCUT2D eigenvalue weighted by atomic mass is 10.2. The Morgan fingerprint density at radius 2 is 2.21 bits per heavy atom. The van der Waals surface area contributed by atoms with Crippen LogP contribution in [-0.2, 0) is 6.54 Å². The molecular formula is C12H12N6S. The average molecular weight is 272 g/mol. The Bertz CT molecular complexity index is 724. The predicted molar refractivity (Wildman–Crippen MR) is 71.8 cm³/mol. The molecule has 0 spiro atoms. The van der Waals surface area contributed by atoms with Crippen LogP contribution in [0.25, 0.3) is 15.7 Å². The first kappa shape index (κ1) is 11.0. The van der Waals surface area contributed by atoms with Gasteiger partial charge < -0.3 is 5.73 Å². The van der Waals surface area contributed by atoms with Crippen LogP contribution in [0, 0.1) is 0 Å². The van der Waals surface area contributed by atoms with Crippen LogP contribution in [0.3, 0.4) is 0 Å². The monoisotopic (exact) mass is 272 g/mol. The molecule has 0 bridgehead atoms. The molecular weight excluding hydrogens is 260 g/mol. The highest BCUT2D eigenvalue weighted by atomic mass is 32.1. The second-order valence-corrected chi connectivity index (χ2v) is 5.65. The fraction of sp³-hybridized carbons (Fsp3) is 0.333. The summed E-state index contributed by atoms with van der Waals surface area (Å²) in [6, 6.07) is 3.93. The van der Waals surface area contributed by atoms with E-state index < -0.39 is 0 Å². The fourth-order valence-corrected chi connectivity index (χ4v) is 2.83. The van der Waals surface area contributed by atoms with E-state index in [4.69, 9.17) is 5.73 Å². The Balaban J connectivity index is 1.77. The molecule has 3 aromatic rings. The molecule has 1 aliphatic rings. The van der Waals surface area contributed by atoms with Gasteiger partial charge in [-0.15, -0.1) is 10.2 Å². The molecule has 96 valence electrons. The van der Waals surface area contributed by atoms with Crippen molar-refractivity contribution in [3.8, 4) is 10.7 Å². The minimum Gasteiger partial charge on any atom is -0.326 e. The summed E-state index contributed by atoms with van der Waals surface area (Å²) in [4.78, 5) is 5.23. The number of rotatable bonds is 3. The van der Waals surface area contributed by atoms with Crippen LogP contribution in [0.4, 0.5) is 0 Å². The predicted octanol–water partition coefficient (Wildman–Crippen LogP) is 1.58. The number of pyridine rings is 1. The van der Waals surface area contributed by atoms with Gasteiger partial charge in [-0.2, -0.15) is 9.61 Å². The average Bonchev–Trinajstić information content (AvgIpc) is 3.08. The minimum atomic E-state index is 0.504. The maximum atomic E-state index is 5.57. The Labute approximate surface area is 113 Å². The van der Waals surface area contributed by atoms with Gasteiger partial charge in [0.05, 0.1) is 0 Å². The minimum absolute atomic E-state index is 0.504. The van der Waals surface area contributed by atoms with E-state index in [2.05, 4.69) is 20.3 Å². The highest BCUT2D eigenvalue weighted by molar-refractivity contribution is 7.19. The Morgan fingerprint density at radius 1 is 1.32 bits per heavy atom. The molecule has 3 heterocycles. The molecule has 2 N–H and O–H groups in total. The second-order valence-electron chi connectivity index (χ2n) is 4.69. The topological polar surface area (TPSA) is 82.0 Å². The van der Waals surface area contributed by atoms with E-state index in [0.29, 0.717) is 12.5 Å². The fourth-order valence-electron chi connectivity index (χ4n) is 2.00. The van der Waals surface area contributed by atoms with Gasteiger partial charge in [-0.05, 0) is 24.5 Å². The zero-order valence-corrected chi connectivity index (χ0v) is 11.0. The molecule has 3 aromatic heterocycles. The normalized spacial score (nSPS) is 15.2. The van der Waals surface area contributed by atoms with E-state index in [1.54, 1.807) is 6.20 Å². The smallest absolute Gasteiger partial charge is 0.235 e. The summed E-state index contributed by atoms with van der Waals surface area (Å²) in [5.74, 6) is 1.52. The first-order valence-corrected chi connectivity index (χ1v) is 7.04. The van der Waals surface area contributed by atoms with Gasteiger partial charge in [0.15, 0.2) is 10.8 Å². The van der Waals surface area contributed by atoms with Gasteiger partial charge in [0.25, 0.3) is 0 Å². The van der Waals surface area contributed by atoms with Crippen molar-refractivity contribution in [2.75, 3.05) is 0 Å². The van der Waals surface area contributed by atoms with Crippen LogP contribution in [0.2, 0.25) is 0 Å². The lowest BCUT2D eigenvalue weighted by Crippen LogP contribution is -1.97. The molecule has 0 radical (unpaired) electrons. The van der Waals surface area contributed by atoms with Crippen molar-refractivity contribution in [1.82, 2.24) is 24.8 Å². The highest BCUT2D eigenvalue weighted by Gasteiger charge is 2.30. The Hall–Kier alpha value is -1.86. The largest absolute Gasteiger partial charge is 0.326 e. The van der Waals surface area contributed by atoms with Crippen molar-refractivity contribution >= 4 is 16.3 Å². The zero-order chi connectivity index (χ0) is 12.8. The number of fused-ring (bicyclic) bond motifs is 1. The van der Waals surface area contributed by atoms with Gasteiger partial charge in [-0.1, -0.05) is 17.4 Å². The Morgan fingerprint density at radius 3 is 2.89 bits per heavy atom. The van der Waals surface area contributed by atoms with Crippen LogP contribution in [-0.4, -0.2) is 24.8 Å². The van der Waals surface area contributed by atoms with Crippen LogP contribution < -0.4 is 5.73 Å². The summed E-state index contributed by atoms with van der Waals surface area (Å²) in [7, 11) is 0. The number of hydrogen-bond acceptors (Lipinski definition) is 6. The van der Waals surface area contributed by atoms with E-state index in [9.17, 15) is 0 Å². The third-order valence-corrected chi connectivity index (χ3v) is 4.16. The number of nitrogens with zero attached hydrogens (tertiary/aromatic N) is 5. The summed E-state index contributed by atoms with van der Waals surface area (Å²) < 4.78 is 1.86. The number of nitrogens with two attached hydrogens (primary N) is 1. The molecule has 1 aliphatic carbocycles. The molecule has 0 aliphatic heterocycles. The second kappa shape index (κ2) is 4.07. The van der Waals surface area contributed by atoms with Gasteiger partial charge in [-0.3, -0.25) is 4.98 Å². The first-order valence-electron chi connectivity index (χ1n) is 6.22. The van der Waals surface area contributed by atoms with Crippen molar-refractivity contribution in [2.45, 2.75) is 25.3 Å². The molecule has 7 heteroatoms. The lowest BCUT2D eigenvalue weighted by Gasteiger charge is -1.97. The zero-order valence-electron chi connectivity index (χ0n) is 10.2. The van der Waals surface area contributed by atoms with E-state index in [0.717, 1.165) is 27.1 Å². The van der Waals surface area contributed by atoms with Crippen molar-refractivity contribution in [2.24, 2.45) is 5.73 Å². The highest BCUT2D eigenvalue weighted by Crippen LogP contribution is 2.39. The molecule has 1 saturated carbocycles. The number of hydrogen-bond donors (Lipinski definition) is 1. The van der Waals surface area contributed by atoms with Gasteiger partial charge in [0, 0.05) is 18.7 Å². The van der Waals surface area contributed by atoms with Gasteiger partial charge >= 0.3 is 0 Å². The van der Waals surface area contributed by atoms with Gasteiger partial charge in [-0.25, -0.2) is 0 Å². The summed E-state index contributed by atoms with van der Waals surface area (Å²) in [6.45, 7) is 0.504. The molecule has 0 aromatic carbocycles. The molecule has 19 heavy (non-hydrogen) atoms. The third-order valence-electron chi connectivity index (χ3n) is 3.24. The van der Waals surface area contributed by atoms with Crippen molar-refractivity contribution < 1.29 is 0 Å². The molecule has 0 saturated heterocycles. The van der Waals surface area contributed by atoms with E-state index in [1.807, 2.05) is 16.6 Å². The lowest BCUT2D eigenvalue weighted by molar-refractivity contribution is 0.827. The standard InChI is InChI=1S/C12H12N6S/c13-5-7-1-4-9(14-6-7)11-17-18-10(8-2-3-8)15-16-12(18)19-11/h1,4,6,8H,2-3,5,13H2. The van der Waals surface area contributed by atoms with Gasteiger partial charge in [0.2, 0.25) is 4.96 Å². The van der Waals surface area contributed by atoms with Crippen LogP contribution >= 0.6 is 11.3 Å². The SMILES string of the molecule is NCc1ccc(-c2nn3c(C4CC4)nnc3s2)nc1. The summed E-state index contributed by atoms with van der Waals surface area (Å²) in [5.41, 5.74) is 7.44. The molecule has 6 nitrogen and oxygen atoms in total. The van der Waals surface area contributed by atoms with Crippen LogP contribution in [0.15, 0.2) is 18.3 Å². The van der Waals surface area contributed by atoms with E-state index in [-0.39, 0.29) is 0 Å².